The van der Waals surface area contributed by atoms with E-state index in [1.54, 1.807) is 0 Å². The molecule has 0 unspecified atom stereocenters. The second kappa shape index (κ2) is 6.74. The lowest BCUT2D eigenvalue weighted by Crippen LogP contribution is -2.22. The second-order valence-corrected chi connectivity index (χ2v) is 4.74. The van der Waals surface area contributed by atoms with E-state index in [4.69, 9.17) is 12.2 Å². The van der Waals surface area contributed by atoms with Crippen LogP contribution in [0.3, 0.4) is 0 Å². The Kier molecular flexibility index (Phi) is 4.93. The van der Waals surface area contributed by atoms with E-state index in [0.29, 0.717) is 0 Å². The van der Waals surface area contributed by atoms with Crippen molar-refractivity contribution >= 4 is 34.4 Å². The Balaban J connectivity index is 2.20. The minimum atomic E-state index is -2.29. The Morgan fingerprint density at radius 2 is 1.33 bits per heavy atom. The molecule has 0 heterocycles. The van der Waals surface area contributed by atoms with Gasteiger partial charge in [-0.05, 0) is 24.4 Å². The molecule has 2 rings (SSSR count). The van der Waals surface area contributed by atoms with Crippen LogP contribution in [-0.4, -0.2) is 10.0 Å². The summed E-state index contributed by atoms with van der Waals surface area (Å²) in [7, 11) is 0. The molecule has 2 aromatic rings. The average molecular weight is 363 g/mol. The van der Waals surface area contributed by atoms with Gasteiger partial charge >= 0.3 is 0 Å². The van der Waals surface area contributed by atoms with E-state index in [-0.39, 0.29) is 11.4 Å². The van der Waals surface area contributed by atoms with Crippen molar-refractivity contribution in [2.24, 2.45) is 0 Å². The summed E-state index contributed by atoms with van der Waals surface area (Å²) in [6, 6.07) is 4.74. The van der Waals surface area contributed by atoms with E-state index in [1.807, 2.05) is 5.32 Å². The van der Waals surface area contributed by atoms with Gasteiger partial charge in [-0.3, -0.25) is 10.1 Å². The number of thiocarbonyl (C=S) groups is 1. The molecule has 0 aromatic heterocycles. The van der Waals surface area contributed by atoms with Crippen LogP contribution < -0.4 is 10.6 Å². The van der Waals surface area contributed by atoms with Crippen molar-refractivity contribution < 1.29 is 26.9 Å². The molecular formula is C13H6F5N3O2S. The van der Waals surface area contributed by atoms with E-state index < -0.39 is 44.8 Å². The monoisotopic (exact) mass is 363 g/mol. The Hall–Kier alpha value is -2.82. The highest BCUT2D eigenvalue weighted by Crippen LogP contribution is 2.27. The summed E-state index contributed by atoms with van der Waals surface area (Å²) in [6.07, 6.45) is 0. The fraction of sp³-hybridized carbons (Fsp3) is 0. The minimum Gasteiger partial charge on any atom is -0.332 e. The highest BCUT2D eigenvalue weighted by Gasteiger charge is 2.26. The third-order valence-electron chi connectivity index (χ3n) is 2.78. The molecule has 2 aromatic carbocycles. The Bertz CT molecular complexity index is 800. The van der Waals surface area contributed by atoms with Crippen LogP contribution in [0.1, 0.15) is 0 Å². The zero-order valence-corrected chi connectivity index (χ0v) is 12.2. The quantitative estimate of drug-likeness (QED) is 0.215. The van der Waals surface area contributed by atoms with Gasteiger partial charge in [-0.15, -0.1) is 0 Å². The maximum Gasteiger partial charge on any atom is 0.269 e. The Morgan fingerprint density at radius 1 is 0.875 bits per heavy atom. The largest absolute Gasteiger partial charge is 0.332 e. The summed E-state index contributed by atoms with van der Waals surface area (Å²) >= 11 is 4.71. The average Bonchev–Trinajstić information content (AvgIpc) is 2.55. The SMILES string of the molecule is O=[N+]([O-])c1ccc(NC(=S)Nc2c(F)c(F)c(F)c(F)c2F)cc1. The number of nitrogens with zero attached hydrogens (tertiary/aromatic N) is 1. The summed E-state index contributed by atoms with van der Waals surface area (Å²) in [6.45, 7) is 0. The third-order valence-corrected chi connectivity index (χ3v) is 2.99. The van der Waals surface area contributed by atoms with Crippen molar-refractivity contribution in [1.29, 1.82) is 0 Å². The maximum atomic E-state index is 13.5. The van der Waals surface area contributed by atoms with Gasteiger partial charge in [0.15, 0.2) is 28.4 Å². The number of nitrogens with one attached hydrogen (secondary N) is 2. The molecule has 24 heavy (non-hydrogen) atoms. The van der Waals surface area contributed by atoms with Crippen LogP contribution in [0.15, 0.2) is 24.3 Å². The highest BCUT2D eigenvalue weighted by atomic mass is 32.1. The van der Waals surface area contributed by atoms with E-state index >= 15 is 0 Å². The van der Waals surface area contributed by atoms with Crippen molar-refractivity contribution in [2.75, 3.05) is 10.6 Å². The fourth-order valence-corrected chi connectivity index (χ4v) is 1.88. The summed E-state index contributed by atoms with van der Waals surface area (Å²) in [4.78, 5) is 9.86. The molecule has 0 saturated heterocycles. The standard InChI is InChI=1S/C13H6F5N3O2S/c14-7-8(15)10(17)12(11(18)9(7)16)20-13(24)19-5-1-3-6(4-2-5)21(22)23/h1-4H,(H2,19,20,24). The van der Waals surface area contributed by atoms with Crippen molar-refractivity contribution in [2.45, 2.75) is 0 Å². The van der Waals surface area contributed by atoms with Crippen LogP contribution in [0.5, 0.6) is 0 Å². The first-order valence-electron chi connectivity index (χ1n) is 6.06. The van der Waals surface area contributed by atoms with Gasteiger partial charge in [0.1, 0.15) is 5.69 Å². The van der Waals surface area contributed by atoms with E-state index in [0.717, 1.165) is 12.1 Å². The maximum absolute atomic E-state index is 13.5. The first kappa shape index (κ1) is 17.5. The van der Waals surface area contributed by atoms with Crippen LogP contribution in [0.2, 0.25) is 0 Å². The lowest BCUT2D eigenvalue weighted by molar-refractivity contribution is -0.384. The second-order valence-electron chi connectivity index (χ2n) is 4.33. The van der Waals surface area contributed by atoms with Gasteiger partial charge in [0.05, 0.1) is 4.92 Å². The summed E-state index contributed by atoms with van der Waals surface area (Å²) in [5.41, 5.74) is -1.33. The van der Waals surface area contributed by atoms with Crippen LogP contribution in [0.25, 0.3) is 0 Å². The van der Waals surface area contributed by atoms with Gasteiger partial charge in [-0.25, -0.2) is 22.0 Å². The first-order valence-corrected chi connectivity index (χ1v) is 6.47. The molecule has 0 radical (unpaired) electrons. The first-order chi connectivity index (χ1) is 11.2. The molecule has 0 bridgehead atoms. The molecule has 126 valence electrons. The Labute approximate surface area is 136 Å². The summed E-state index contributed by atoms with van der Waals surface area (Å²) in [5, 5.41) is 14.3. The lowest BCUT2D eigenvalue weighted by Gasteiger charge is -2.13. The number of hydrogen-bond donors (Lipinski definition) is 2. The molecule has 0 fully saturated rings. The summed E-state index contributed by atoms with van der Waals surface area (Å²) in [5.74, 6) is -10.7. The number of benzene rings is 2. The van der Waals surface area contributed by atoms with E-state index in [2.05, 4.69) is 5.32 Å². The van der Waals surface area contributed by atoms with E-state index in [1.165, 1.54) is 12.1 Å². The molecule has 0 amide bonds. The van der Waals surface area contributed by atoms with Crippen molar-refractivity contribution in [3.63, 3.8) is 0 Å². The molecule has 0 aliphatic carbocycles. The predicted molar refractivity (Wildman–Crippen MR) is 79.2 cm³/mol. The van der Waals surface area contributed by atoms with Gasteiger partial charge < -0.3 is 10.6 Å². The number of nitro benzene ring substituents is 1. The number of hydrogen-bond acceptors (Lipinski definition) is 3. The molecular weight excluding hydrogens is 357 g/mol. The fourth-order valence-electron chi connectivity index (χ4n) is 1.66. The molecule has 11 heteroatoms. The number of anilines is 2. The van der Waals surface area contributed by atoms with Crippen molar-refractivity contribution in [1.82, 2.24) is 0 Å². The normalized spacial score (nSPS) is 10.4. The van der Waals surface area contributed by atoms with Gasteiger partial charge in [0.25, 0.3) is 5.69 Å². The molecule has 0 spiro atoms. The van der Waals surface area contributed by atoms with Gasteiger partial charge in [0.2, 0.25) is 5.82 Å². The highest BCUT2D eigenvalue weighted by molar-refractivity contribution is 7.80. The smallest absolute Gasteiger partial charge is 0.269 e. The molecule has 2 N–H and O–H groups in total. The van der Waals surface area contributed by atoms with Gasteiger partial charge in [0, 0.05) is 17.8 Å². The van der Waals surface area contributed by atoms with E-state index in [9.17, 15) is 32.1 Å². The number of non-ortho nitro benzene ring substituents is 1. The topological polar surface area (TPSA) is 67.2 Å². The van der Waals surface area contributed by atoms with Crippen LogP contribution in [0.4, 0.5) is 39.0 Å². The number of rotatable bonds is 3. The zero-order valence-electron chi connectivity index (χ0n) is 11.4. The van der Waals surface area contributed by atoms with Crippen molar-refractivity contribution in [3.05, 3.63) is 63.5 Å². The lowest BCUT2D eigenvalue weighted by atomic mass is 10.2. The van der Waals surface area contributed by atoms with Crippen molar-refractivity contribution in [3.8, 4) is 0 Å². The third kappa shape index (κ3) is 3.40. The number of halogens is 5. The molecule has 0 atom stereocenters. The van der Waals surface area contributed by atoms with Crippen LogP contribution in [0, 0.1) is 39.2 Å². The van der Waals surface area contributed by atoms with Gasteiger partial charge in [-0.1, -0.05) is 0 Å². The molecule has 0 aliphatic heterocycles. The molecule has 5 nitrogen and oxygen atoms in total. The number of nitro groups is 1. The predicted octanol–water partition coefficient (Wildman–Crippen LogP) is 4.10. The van der Waals surface area contributed by atoms with Gasteiger partial charge in [-0.2, -0.15) is 0 Å². The summed E-state index contributed by atoms with van der Waals surface area (Å²) < 4.78 is 66.1. The Morgan fingerprint density at radius 3 is 1.79 bits per heavy atom. The zero-order chi connectivity index (χ0) is 18.0. The van der Waals surface area contributed by atoms with Crippen LogP contribution >= 0.6 is 12.2 Å². The minimum absolute atomic E-state index is 0.196. The van der Waals surface area contributed by atoms with Crippen LogP contribution in [-0.2, 0) is 0 Å². The molecule has 0 saturated carbocycles. The molecule has 0 aliphatic rings.